The molecule has 15 nitrogen and oxygen atoms in total. The Kier molecular flexibility index (Phi) is 9.35. The Bertz CT molecular complexity index is 607. The Morgan fingerprint density at radius 2 is 1.03 bits per heavy atom. The molecule has 33 heavy (non-hydrogen) atoms. The summed E-state index contributed by atoms with van der Waals surface area (Å²) in [5, 5.41) is 99.2. The zero-order chi connectivity index (χ0) is 24.4. The predicted molar refractivity (Wildman–Crippen MR) is 99.9 cm³/mol. The summed E-state index contributed by atoms with van der Waals surface area (Å²) in [6.45, 7) is -2.13. The molecule has 0 unspecified atom stereocenters. The van der Waals surface area contributed by atoms with Gasteiger partial charge >= 0.3 is 0 Å². The normalized spacial score (nSPS) is 51.5. The zero-order valence-electron chi connectivity index (χ0n) is 17.4. The molecule has 0 bridgehead atoms. The van der Waals surface area contributed by atoms with Crippen molar-refractivity contribution < 1.29 is 74.7 Å². The summed E-state index contributed by atoms with van der Waals surface area (Å²) < 4.78 is 26.7. The third-order valence-corrected chi connectivity index (χ3v) is 5.95. The van der Waals surface area contributed by atoms with Gasteiger partial charge in [0, 0.05) is 6.42 Å². The summed E-state index contributed by atoms with van der Waals surface area (Å²) in [6.07, 6.45) is -21.6. The number of hydrogen-bond acceptors (Lipinski definition) is 15. The van der Waals surface area contributed by atoms with Gasteiger partial charge in [-0.05, 0) is 0 Å². The molecule has 0 spiro atoms. The van der Waals surface area contributed by atoms with E-state index in [1.165, 1.54) is 0 Å². The first-order valence-corrected chi connectivity index (χ1v) is 10.5. The van der Waals surface area contributed by atoms with E-state index >= 15 is 0 Å². The van der Waals surface area contributed by atoms with Crippen LogP contribution in [0.2, 0.25) is 0 Å². The van der Waals surface area contributed by atoms with Crippen LogP contribution in [-0.2, 0) is 23.7 Å². The molecule has 3 saturated heterocycles. The van der Waals surface area contributed by atoms with Gasteiger partial charge in [0.05, 0.1) is 25.9 Å². The Balaban J connectivity index is 1.70. The summed E-state index contributed by atoms with van der Waals surface area (Å²) >= 11 is 0. The number of rotatable bonds is 7. The van der Waals surface area contributed by atoms with Gasteiger partial charge in [-0.2, -0.15) is 0 Å². The van der Waals surface area contributed by atoms with Crippen LogP contribution in [0.15, 0.2) is 0 Å². The van der Waals surface area contributed by atoms with E-state index < -0.39 is 106 Å². The quantitative estimate of drug-likeness (QED) is 0.160. The molecular formula is C18H32O15. The van der Waals surface area contributed by atoms with Crippen molar-refractivity contribution in [3.05, 3.63) is 0 Å². The molecule has 0 radical (unpaired) electrons. The molecule has 10 N–H and O–H groups in total. The van der Waals surface area contributed by atoms with E-state index in [0.29, 0.717) is 0 Å². The Hall–Kier alpha value is -0.600. The van der Waals surface area contributed by atoms with Gasteiger partial charge in [0.15, 0.2) is 18.9 Å². The van der Waals surface area contributed by atoms with Gasteiger partial charge in [0.2, 0.25) is 0 Å². The molecule has 15 heteroatoms. The maximum absolute atomic E-state index is 10.6. The molecule has 3 aliphatic heterocycles. The first-order valence-electron chi connectivity index (χ1n) is 10.5. The van der Waals surface area contributed by atoms with Crippen LogP contribution >= 0.6 is 0 Å². The van der Waals surface area contributed by atoms with Crippen LogP contribution in [0.4, 0.5) is 0 Å². The van der Waals surface area contributed by atoms with Crippen LogP contribution in [0.25, 0.3) is 0 Å². The molecule has 194 valence electrons. The number of hydrogen-bond donors (Lipinski definition) is 10. The molecule has 0 aromatic heterocycles. The summed E-state index contributed by atoms with van der Waals surface area (Å²) in [5.74, 6) is 0. The van der Waals surface area contributed by atoms with Gasteiger partial charge < -0.3 is 74.7 Å². The van der Waals surface area contributed by atoms with Crippen molar-refractivity contribution in [3.63, 3.8) is 0 Å². The molecule has 14 atom stereocenters. The third-order valence-electron chi connectivity index (χ3n) is 5.95. The standard InChI is InChI=1S/C18H32O15/c19-2-6-10(24)11(25)13(27)17(30-6)33-16-8(4-21)31-18(14(28)12(16)26)32-15-5(22)1-9(23)29-7(15)3-20/h5-28H,1-4H2/t5-,6-,7-,8-,9-,10+,11+,12-,13-,14-,15+,16+,17-,18+/m1/s1. The third kappa shape index (κ3) is 5.64. The smallest absolute Gasteiger partial charge is 0.187 e. The molecule has 3 aliphatic rings. The van der Waals surface area contributed by atoms with Gasteiger partial charge in [-0.15, -0.1) is 0 Å². The van der Waals surface area contributed by atoms with Crippen molar-refractivity contribution in [1.29, 1.82) is 0 Å². The highest BCUT2D eigenvalue weighted by atomic mass is 16.7. The average Bonchev–Trinajstić information content (AvgIpc) is 2.79. The average molecular weight is 488 g/mol. The van der Waals surface area contributed by atoms with Crippen LogP contribution in [0.1, 0.15) is 6.42 Å². The van der Waals surface area contributed by atoms with E-state index in [4.69, 9.17) is 23.7 Å². The monoisotopic (exact) mass is 488 g/mol. The van der Waals surface area contributed by atoms with Crippen LogP contribution in [0.5, 0.6) is 0 Å². The van der Waals surface area contributed by atoms with Crippen LogP contribution in [-0.4, -0.2) is 157 Å². The minimum atomic E-state index is -1.82. The van der Waals surface area contributed by atoms with Gasteiger partial charge in [-0.1, -0.05) is 0 Å². The molecule has 0 aromatic rings. The zero-order valence-corrected chi connectivity index (χ0v) is 17.4. The van der Waals surface area contributed by atoms with Crippen molar-refractivity contribution in [1.82, 2.24) is 0 Å². The summed E-state index contributed by atoms with van der Waals surface area (Å²) in [6, 6.07) is 0. The minimum Gasteiger partial charge on any atom is -0.394 e. The van der Waals surface area contributed by atoms with Crippen molar-refractivity contribution in [2.75, 3.05) is 19.8 Å². The molecule has 3 fully saturated rings. The second kappa shape index (κ2) is 11.4. The molecule has 0 aliphatic carbocycles. The van der Waals surface area contributed by atoms with Crippen molar-refractivity contribution in [2.24, 2.45) is 0 Å². The lowest BCUT2D eigenvalue weighted by Crippen LogP contribution is -2.65. The Morgan fingerprint density at radius 1 is 0.545 bits per heavy atom. The largest absolute Gasteiger partial charge is 0.394 e. The Labute approximate surface area is 187 Å². The molecule has 3 rings (SSSR count). The lowest BCUT2D eigenvalue weighted by Gasteiger charge is -2.47. The molecule has 3 heterocycles. The molecule has 0 saturated carbocycles. The van der Waals surface area contributed by atoms with Crippen LogP contribution in [0.3, 0.4) is 0 Å². The van der Waals surface area contributed by atoms with E-state index in [1.807, 2.05) is 0 Å². The van der Waals surface area contributed by atoms with E-state index in [2.05, 4.69) is 0 Å². The summed E-state index contributed by atoms with van der Waals surface area (Å²) in [5.41, 5.74) is 0. The summed E-state index contributed by atoms with van der Waals surface area (Å²) in [7, 11) is 0. The van der Waals surface area contributed by atoms with Gasteiger partial charge in [0.25, 0.3) is 0 Å². The molecule has 0 aromatic carbocycles. The fraction of sp³-hybridized carbons (Fsp3) is 1.00. The van der Waals surface area contributed by atoms with Gasteiger partial charge in [-0.3, -0.25) is 0 Å². The first-order chi connectivity index (χ1) is 15.6. The van der Waals surface area contributed by atoms with Crippen molar-refractivity contribution in [3.8, 4) is 0 Å². The first kappa shape index (κ1) is 27.0. The molecule has 0 amide bonds. The Morgan fingerprint density at radius 3 is 1.61 bits per heavy atom. The maximum Gasteiger partial charge on any atom is 0.187 e. The SMILES string of the molecule is OC[C@H]1O[C@H](O[C@@H]2[C@H](O)[C@@H](O)[C@H](O[C@H]3[C@H](O)C[C@H](O)O[C@@H]3CO)O[C@@H]2CO)[C@H](O)[C@@H](O)[C@H]1O. The fourth-order valence-electron chi connectivity index (χ4n) is 4.07. The topological polar surface area (TPSA) is 248 Å². The van der Waals surface area contributed by atoms with Crippen LogP contribution < -0.4 is 0 Å². The van der Waals surface area contributed by atoms with Gasteiger partial charge in [0.1, 0.15) is 61.0 Å². The number of aliphatic hydroxyl groups excluding tert-OH is 10. The minimum absolute atomic E-state index is 0.251. The van der Waals surface area contributed by atoms with E-state index in [0.717, 1.165) is 0 Å². The van der Waals surface area contributed by atoms with Crippen molar-refractivity contribution >= 4 is 0 Å². The number of ether oxygens (including phenoxy) is 5. The predicted octanol–water partition coefficient (Wildman–Crippen LogP) is -6.54. The second-order valence-electron chi connectivity index (χ2n) is 8.22. The lowest BCUT2D eigenvalue weighted by atomic mass is 9.96. The summed E-state index contributed by atoms with van der Waals surface area (Å²) in [4.78, 5) is 0. The highest BCUT2D eigenvalue weighted by Crippen LogP contribution is 2.31. The van der Waals surface area contributed by atoms with E-state index in [-0.39, 0.29) is 6.42 Å². The second-order valence-corrected chi connectivity index (χ2v) is 8.22. The highest BCUT2D eigenvalue weighted by molar-refractivity contribution is 4.95. The maximum atomic E-state index is 10.6. The lowest BCUT2D eigenvalue weighted by molar-refractivity contribution is -0.372. The molecular weight excluding hydrogens is 456 g/mol. The van der Waals surface area contributed by atoms with E-state index in [1.54, 1.807) is 0 Å². The fourth-order valence-corrected chi connectivity index (χ4v) is 4.07. The van der Waals surface area contributed by atoms with Gasteiger partial charge in [-0.25, -0.2) is 0 Å². The van der Waals surface area contributed by atoms with E-state index in [9.17, 15) is 51.1 Å². The number of aliphatic hydroxyl groups is 10. The van der Waals surface area contributed by atoms with Crippen LogP contribution in [0, 0.1) is 0 Å². The highest BCUT2D eigenvalue weighted by Gasteiger charge is 2.52. The van der Waals surface area contributed by atoms with Crippen molar-refractivity contribution in [2.45, 2.75) is 92.4 Å².